The molecule has 1 N–H and O–H groups in total. The lowest BCUT2D eigenvalue weighted by Gasteiger charge is -2.05. The standard InChI is InChI=1S/C8H12F3NO2/c1-14-7(13)3-6-12-5-2-4-8(9,10)11/h3,6,12H,2,4-5H2,1H3/b6-3+. The molecule has 0 saturated heterocycles. The molecule has 0 aromatic rings. The molecule has 0 bridgehead atoms. The van der Waals surface area contributed by atoms with Crippen LogP contribution in [-0.2, 0) is 9.53 Å². The number of nitrogens with one attached hydrogen (secondary N) is 1. The molecule has 6 heteroatoms. The van der Waals surface area contributed by atoms with Crippen LogP contribution < -0.4 is 5.32 Å². The number of halogens is 3. The predicted molar refractivity (Wildman–Crippen MR) is 44.4 cm³/mol. The minimum Gasteiger partial charge on any atom is -0.466 e. The van der Waals surface area contributed by atoms with Gasteiger partial charge in [0, 0.05) is 25.2 Å². The third kappa shape index (κ3) is 8.89. The second-order valence-corrected chi connectivity index (χ2v) is 2.53. The van der Waals surface area contributed by atoms with E-state index in [1.54, 1.807) is 0 Å². The Morgan fingerprint density at radius 1 is 1.50 bits per heavy atom. The molecule has 0 spiro atoms. The molecule has 0 fully saturated rings. The van der Waals surface area contributed by atoms with Crippen molar-refractivity contribution in [3.63, 3.8) is 0 Å². The molecule has 0 unspecified atom stereocenters. The van der Waals surface area contributed by atoms with Gasteiger partial charge in [-0.15, -0.1) is 0 Å². The van der Waals surface area contributed by atoms with Gasteiger partial charge in [0.15, 0.2) is 0 Å². The molecule has 0 radical (unpaired) electrons. The number of rotatable bonds is 5. The average Bonchev–Trinajstić information content (AvgIpc) is 2.08. The van der Waals surface area contributed by atoms with E-state index in [-0.39, 0.29) is 13.0 Å². The Bertz CT molecular complexity index is 201. The Balaban J connectivity index is 3.39. The minimum atomic E-state index is -4.12. The van der Waals surface area contributed by atoms with Gasteiger partial charge in [-0.25, -0.2) is 4.79 Å². The molecule has 0 aromatic carbocycles. The fraction of sp³-hybridized carbons (Fsp3) is 0.625. The van der Waals surface area contributed by atoms with Gasteiger partial charge in [-0.2, -0.15) is 13.2 Å². The second kappa shape index (κ2) is 6.28. The van der Waals surface area contributed by atoms with Gasteiger partial charge >= 0.3 is 12.1 Å². The maximum absolute atomic E-state index is 11.6. The van der Waals surface area contributed by atoms with Crippen LogP contribution in [0, 0.1) is 0 Å². The van der Waals surface area contributed by atoms with Gasteiger partial charge in [0.25, 0.3) is 0 Å². The number of alkyl halides is 3. The Hall–Kier alpha value is -1.20. The monoisotopic (exact) mass is 211 g/mol. The fourth-order valence-corrected chi connectivity index (χ4v) is 0.669. The summed E-state index contributed by atoms with van der Waals surface area (Å²) < 4.78 is 39.1. The van der Waals surface area contributed by atoms with Gasteiger partial charge in [0.2, 0.25) is 0 Å². The number of esters is 1. The van der Waals surface area contributed by atoms with Crippen LogP contribution in [0.4, 0.5) is 13.2 Å². The van der Waals surface area contributed by atoms with E-state index in [1.165, 1.54) is 13.3 Å². The number of ether oxygens (including phenoxy) is 1. The lowest BCUT2D eigenvalue weighted by atomic mass is 10.3. The van der Waals surface area contributed by atoms with Crippen molar-refractivity contribution >= 4 is 5.97 Å². The van der Waals surface area contributed by atoms with Crippen molar-refractivity contribution < 1.29 is 22.7 Å². The Labute approximate surface area is 79.9 Å². The quantitative estimate of drug-likeness (QED) is 0.426. The van der Waals surface area contributed by atoms with Gasteiger partial charge in [-0.3, -0.25) is 0 Å². The molecular weight excluding hydrogens is 199 g/mol. The summed E-state index contributed by atoms with van der Waals surface area (Å²) in [4.78, 5) is 10.5. The second-order valence-electron chi connectivity index (χ2n) is 2.53. The SMILES string of the molecule is COC(=O)/C=C/NCCCC(F)(F)F. The molecule has 0 aliphatic rings. The van der Waals surface area contributed by atoms with Crippen LogP contribution in [0.1, 0.15) is 12.8 Å². The first kappa shape index (κ1) is 12.8. The van der Waals surface area contributed by atoms with Crippen LogP contribution in [-0.4, -0.2) is 25.8 Å². The van der Waals surface area contributed by atoms with Gasteiger partial charge in [-0.1, -0.05) is 0 Å². The predicted octanol–water partition coefficient (Wildman–Crippen LogP) is 1.61. The highest BCUT2D eigenvalue weighted by atomic mass is 19.4. The number of methoxy groups -OCH3 is 1. The minimum absolute atomic E-state index is 0.0188. The van der Waals surface area contributed by atoms with Crippen molar-refractivity contribution in [1.82, 2.24) is 5.32 Å². The van der Waals surface area contributed by atoms with Gasteiger partial charge in [0.1, 0.15) is 0 Å². The van der Waals surface area contributed by atoms with Crippen LogP contribution in [0.15, 0.2) is 12.3 Å². The summed E-state index contributed by atoms with van der Waals surface area (Å²) in [7, 11) is 1.22. The van der Waals surface area contributed by atoms with Crippen LogP contribution in [0.25, 0.3) is 0 Å². The number of carbonyl (C=O) groups is 1. The topological polar surface area (TPSA) is 38.3 Å². The molecule has 82 valence electrons. The zero-order chi connectivity index (χ0) is 11.0. The zero-order valence-corrected chi connectivity index (χ0v) is 7.73. The Kier molecular flexibility index (Phi) is 5.74. The van der Waals surface area contributed by atoms with Crippen molar-refractivity contribution in [2.45, 2.75) is 19.0 Å². The van der Waals surface area contributed by atoms with E-state index in [0.29, 0.717) is 0 Å². The van der Waals surface area contributed by atoms with E-state index in [1.807, 2.05) is 0 Å². The van der Waals surface area contributed by atoms with E-state index >= 15 is 0 Å². The fourth-order valence-electron chi connectivity index (χ4n) is 0.669. The van der Waals surface area contributed by atoms with E-state index in [4.69, 9.17) is 0 Å². The van der Waals surface area contributed by atoms with Gasteiger partial charge in [0.05, 0.1) is 7.11 Å². The maximum Gasteiger partial charge on any atom is 0.389 e. The normalized spacial score (nSPS) is 11.7. The first-order valence-electron chi connectivity index (χ1n) is 4.00. The molecule has 0 aromatic heterocycles. The summed E-state index contributed by atoms with van der Waals surface area (Å²) in [6, 6.07) is 0. The highest BCUT2D eigenvalue weighted by Gasteiger charge is 2.25. The summed E-state index contributed by atoms with van der Waals surface area (Å²) in [5.74, 6) is -0.548. The molecule has 3 nitrogen and oxygen atoms in total. The maximum atomic E-state index is 11.6. The van der Waals surface area contributed by atoms with E-state index in [0.717, 1.165) is 6.08 Å². The summed E-state index contributed by atoms with van der Waals surface area (Å²) >= 11 is 0. The van der Waals surface area contributed by atoms with E-state index in [2.05, 4.69) is 10.1 Å². The Morgan fingerprint density at radius 3 is 2.64 bits per heavy atom. The lowest BCUT2D eigenvalue weighted by molar-refractivity contribution is -0.136. The Morgan fingerprint density at radius 2 is 2.14 bits per heavy atom. The molecule has 0 amide bonds. The van der Waals surface area contributed by atoms with Crippen molar-refractivity contribution in [2.75, 3.05) is 13.7 Å². The highest BCUT2D eigenvalue weighted by molar-refractivity contribution is 5.81. The number of hydrogen-bond acceptors (Lipinski definition) is 3. The summed E-state index contributed by atoms with van der Waals surface area (Å²) in [6.07, 6.45) is -2.59. The molecular formula is C8H12F3NO2. The van der Waals surface area contributed by atoms with Crippen LogP contribution in [0.2, 0.25) is 0 Å². The lowest BCUT2D eigenvalue weighted by Crippen LogP contribution is -2.13. The average molecular weight is 211 g/mol. The molecule has 0 rings (SSSR count). The van der Waals surface area contributed by atoms with E-state index < -0.39 is 18.6 Å². The summed E-state index contributed by atoms with van der Waals surface area (Å²) in [5.41, 5.74) is 0. The molecule has 0 atom stereocenters. The van der Waals surface area contributed by atoms with Crippen molar-refractivity contribution in [3.05, 3.63) is 12.3 Å². The summed E-state index contributed by atoms with van der Waals surface area (Å²) in [6.45, 7) is 0.174. The number of hydrogen-bond donors (Lipinski definition) is 1. The highest BCUT2D eigenvalue weighted by Crippen LogP contribution is 2.20. The zero-order valence-electron chi connectivity index (χ0n) is 7.73. The van der Waals surface area contributed by atoms with Gasteiger partial charge < -0.3 is 10.1 Å². The van der Waals surface area contributed by atoms with Crippen molar-refractivity contribution in [1.29, 1.82) is 0 Å². The molecule has 14 heavy (non-hydrogen) atoms. The first-order valence-corrected chi connectivity index (χ1v) is 4.00. The van der Waals surface area contributed by atoms with Crippen molar-refractivity contribution in [3.8, 4) is 0 Å². The largest absolute Gasteiger partial charge is 0.466 e. The van der Waals surface area contributed by atoms with Crippen LogP contribution in [0.5, 0.6) is 0 Å². The summed E-state index contributed by atoms with van der Waals surface area (Å²) in [5, 5.41) is 2.54. The van der Waals surface area contributed by atoms with Gasteiger partial charge in [-0.05, 0) is 6.42 Å². The smallest absolute Gasteiger partial charge is 0.389 e. The molecule has 0 saturated carbocycles. The third-order valence-electron chi connectivity index (χ3n) is 1.32. The third-order valence-corrected chi connectivity index (χ3v) is 1.32. The molecule has 0 aliphatic carbocycles. The van der Waals surface area contributed by atoms with Crippen LogP contribution >= 0.6 is 0 Å². The first-order chi connectivity index (χ1) is 6.45. The number of carbonyl (C=O) groups excluding carboxylic acids is 1. The van der Waals surface area contributed by atoms with E-state index in [9.17, 15) is 18.0 Å². The molecule has 0 aliphatic heterocycles. The van der Waals surface area contributed by atoms with Crippen molar-refractivity contribution in [2.24, 2.45) is 0 Å². The molecule has 0 heterocycles. The van der Waals surface area contributed by atoms with Crippen LogP contribution in [0.3, 0.4) is 0 Å².